The van der Waals surface area contributed by atoms with E-state index in [2.05, 4.69) is 10.1 Å². The number of amides is 1. The molecule has 0 saturated carbocycles. The largest absolute Gasteiger partial charge is 0.464 e. The lowest BCUT2D eigenvalue weighted by molar-refractivity contribution is -0.141. The standard InChI is InChI=1S/C13H17NO5/c1-10(16)18-9-12(7-15)14-13(17)19-8-11-5-3-2-4-6-11/h2-6,12,15H,7-9H2,1H3,(H,14,17)/t12-/m1/s1. The normalized spacial score (nSPS) is 11.5. The molecule has 0 aliphatic carbocycles. The van der Waals surface area contributed by atoms with Crippen molar-refractivity contribution in [1.82, 2.24) is 5.32 Å². The van der Waals surface area contributed by atoms with Gasteiger partial charge in [0.05, 0.1) is 12.6 Å². The van der Waals surface area contributed by atoms with E-state index in [-0.39, 0.29) is 19.8 Å². The molecule has 104 valence electrons. The van der Waals surface area contributed by atoms with Gasteiger partial charge in [-0.05, 0) is 5.56 Å². The molecule has 0 aromatic heterocycles. The Hall–Kier alpha value is -2.08. The molecule has 0 saturated heterocycles. The lowest BCUT2D eigenvalue weighted by atomic mass is 10.2. The molecule has 0 radical (unpaired) electrons. The summed E-state index contributed by atoms with van der Waals surface area (Å²) in [5.41, 5.74) is 0.859. The minimum atomic E-state index is -0.674. The first-order valence-corrected chi connectivity index (χ1v) is 5.83. The summed E-state index contributed by atoms with van der Waals surface area (Å²) in [6.07, 6.45) is -0.671. The first-order chi connectivity index (χ1) is 9.11. The average molecular weight is 267 g/mol. The zero-order chi connectivity index (χ0) is 14.1. The first kappa shape index (κ1) is 15.0. The summed E-state index contributed by atoms with van der Waals surface area (Å²) in [6.45, 7) is 0.959. The lowest BCUT2D eigenvalue weighted by Crippen LogP contribution is -2.41. The number of alkyl carbamates (subject to hydrolysis) is 1. The van der Waals surface area contributed by atoms with E-state index >= 15 is 0 Å². The van der Waals surface area contributed by atoms with E-state index in [1.807, 2.05) is 30.3 Å². The van der Waals surface area contributed by atoms with Gasteiger partial charge in [-0.1, -0.05) is 30.3 Å². The first-order valence-electron chi connectivity index (χ1n) is 5.83. The van der Waals surface area contributed by atoms with Crippen molar-refractivity contribution in [3.8, 4) is 0 Å². The molecule has 0 bridgehead atoms. The highest BCUT2D eigenvalue weighted by molar-refractivity contribution is 5.68. The van der Waals surface area contributed by atoms with Gasteiger partial charge in [-0.25, -0.2) is 4.79 Å². The highest BCUT2D eigenvalue weighted by Crippen LogP contribution is 2.00. The van der Waals surface area contributed by atoms with Crippen LogP contribution in [-0.4, -0.2) is 36.4 Å². The second-order valence-electron chi connectivity index (χ2n) is 3.89. The molecule has 0 unspecified atom stereocenters. The van der Waals surface area contributed by atoms with Gasteiger partial charge in [0.15, 0.2) is 0 Å². The summed E-state index contributed by atoms with van der Waals surface area (Å²) in [7, 11) is 0. The van der Waals surface area contributed by atoms with Crippen LogP contribution >= 0.6 is 0 Å². The number of hydrogen-bond acceptors (Lipinski definition) is 5. The number of carbonyl (C=O) groups excluding carboxylic acids is 2. The van der Waals surface area contributed by atoms with Crippen molar-refractivity contribution in [3.63, 3.8) is 0 Å². The number of aliphatic hydroxyl groups excluding tert-OH is 1. The molecule has 19 heavy (non-hydrogen) atoms. The van der Waals surface area contributed by atoms with Gasteiger partial charge in [0.2, 0.25) is 0 Å². The number of esters is 1. The fourth-order valence-electron chi connectivity index (χ4n) is 1.29. The van der Waals surface area contributed by atoms with Crippen LogP contribution in [0.25, 0.3) is 0 Å². The van der Waals surface area contributed by atoms with Gasteiger partial charge in [-0.3, -0.25) is 4.79 Å². The van der Waals surface area contributed by atoms with E-state index < -0.39 is 18.1 Å². The lowest BCUT2D eigenvalue weighted by Gasteiger charge is -2.15. The second-order valence-corrected chi connectivity index (χ2v) is 3.89. The van der Waals surface area contributed by atoms with Crippen LogP contribution in [0.5, 0.6) is 0 Å². The summed E-state index contributed by atoms with van der Waals surface area (Å²) < 4.78 is 9.65. The molecule has 1 aromatic carbocycles. The Morgan fingerprint density at radius 1 is 1.26 bits per heavy atom. The van der Waals surface area contributed by atoms with Crippen LogP contribution in [0.2, 0.25) is 0 Å². The highest BCUT2D eigenvalue weighted by Gasteiger charge is 2.13. The average Bonchev–Trinajstić information content (AvgIpc) is 2.42. The number of ether oxygens (including phenoxy) is 2. The number of hydrogen-bond donors (Lipinski definition) is 2. The maximum atomic E-state index is 11.4. The predicted molar refractivity (Wildman–Crippen MR) is 67.3 cm³/mol. The van der Waals surface area contributed by atoms with Crippen LogP contribution in [0.3, 0.4) is 0 Å². The van der Waals surface area contributed by atoms with Gasteiger partial charge in [0.25, 0.3) is 0 Å². The maximum absolute atomic E-state index is 11.4. The van der Waals surface area contributed by atoms with Crippen molar-refractivity contribution in [3.05, 3.63) is 35.9 Å². The molecule has 0 heterocycles. The maximum Gasteiger partial charge on any atom is 0.407 e. The summed E-state index contributed by atoms with van der Waals surface area (Å²) in [4.78, 5) is 22.1. The number of nitrogens with one attached hydrogen (secondary N) is 1. The topological polar surface area (TPSA) is 84.9 Å². The highest BCUT2D eigenvalue weighted by atomic mass is 16.6. The number of carbonyl (C=O) groups is 2. The van der Waals surface area contributed by atoms with Gasteiger partial charge in [0, 0.05) is 6.92 Å². The zero-order valence-electron chi connectivity index (χ0n) is 10.7. The minimum absolute atomic E-state index is 0.0910. The van der Waals surface area contributed by atoms with E-state index in [1.54, 1.807) is 0 Å². The monoisotopic (exact) mass is 267 g/mol. The van der Waals surface area contributed by atoms with Gasteiger partial charge >= 0.3 is 12.1 Å². The summed E-state index contributed by atoms with van der Waals surface area (Å²) >= 11 is 0. The van der Waals surface area contributed by atoms with Gasteiger partial charge in [0.1, 0.15) is 13.2 Å². The molecule has 2 N–H and O–H groups in total. The third-order valence-corrected chi connectivity index (χ3v) is 2.24. The van der Waals surface area contributed by atoms with E-state index in [0.717, 1.165) is 5.56 Å². The number of benzene rings is 1. The molecular formula is C13H17NO5. The minimum Gasteiger partial charge on any atom is -0.464 e. The second kappa shape index (κ2) is 8.10. The Morgan fingerprint density at radius 3 is 2.53 bits per heavy atom. The molecular weight excluding hydrogens is 250 g/mol. The van der Waals surface area contributed by atoms with Crippen molar-refractivity contribution in [2.75, 3.05) is 13.2 Å². The molecule has 0 aliphatic rings. The van der Waals surface area contributed by atoms with Crippen molar-refractivity contribution in [1.29, 1.82) is 0 Å². The molecule has 1 amide bonds. The predicted octanol–water partition coefficient (Wildman–Crippen LogP) is 0.837. The Bertz CT molecular complexity index is 407. The summed E-state index contributed by atoms with van der Waals surface area (Å²) in [6, 6.07) is 8.53. The zero-order valence-corrected chi connectivity index (χ0v) is 10.7. The quantitative estimate of drug-likeness (QED) is 0.746. The summed E-state index contributed by atoms with van der Waals surface area (Å²) in [5, 5.41) is 11.4. The third-order valence-electron chi connectivity index (χ3n) is 2.24. The van der Waals surface area contributed by atoms with Crippen molar-refractivity contribution in [2.24, 2.45) is 0 Å². The smallest absolute Gasteiger partial charge is 0.407 e. The number of rotatable bonds is 6. The van der Waals surface area contributed by atoms with Crippen LogP contribution in [0.15, 0.2) is 30.3 Å². The Labute approximate surface area is 111 Å². The van der Waals surface area contributed by atoms with Crippen LogP contribution in [0.1, 0.15) is 12.5 Å². The van der Waals surface area contributed by atoms with Crippen LogP contribution in [0.4, 0.5) is 4.79 Å². The molecule has 6 heteroatoms. The van der Waals surface area contributed by atoms with Crippen LogP contribution in [0, 0.1) is 0 Å². The SMILES string of the molecule is CC(=O)OC[C@@H](CO)NC(=O)OCc1ccccc1. The molecule has 6 nitrogen and oxygen atoms in total. The van der Waals surface area contributed by atoms with Crippen molar-refractivity contribution in [2.45, 2.75) is 19.6 Å². The van der Waals surface area contributed by atoms with Gasteiger partial charge < -0.3 is 19.9 Å². The molecule has 0 spiro atoms. The van der Waals surface area contributed by atoms with E-state index in [4.69, 9.17) is 9.84 Å². The molecule has 1 aromatic rings. The molecule has 0 fully saturated rings. The molecule has 1 atom stereocenters. The molecule has 0 aliphatic heterocycles. The van der Waals surface area contributed by atoms with E-state index in [0.29, 0.717) is 0 Å². The fraction of sp³-hybridized carbons (Fsp3) is 0.385. The Balaban J connectivity index is 2.30. The van der Waals surface area contributed by atoms with E-state index in [9.17, 15) is 9.59 Å². The fourth-order valence-corrected chi connectivity index (χ4v) is 1.29. The van der Waals surface area contributed by atoms with Crippen LogP contribution in [-0.2, 0) is 20.9 Å². The van der Waals surface area contributed by atoms with Crippen molar-refractivity contribution < 1.29 is 24.2 Å². The van der Waals surface area contributed by atoms with Crippen molar-refractivity contribution >= 4 is 12.1 Å². The Kier molecular flexibility index (Phi) is 6.38. The van der Waals surface area contributed by atoms with Gasteiger partial charge in [-0.2, -0.15) is 0 Å². The van der Waals surface area contributed by atoms with Gasteiger partial charge in [-0.15, -0.1) is 0 Å². The molecule has 1 rings (SSSR count). The summed E-state index contributed by atoms with van der Waals surface area (Å²) in [5.74, 6) is -0.474. The van der Waals surface area contributed by atoms with Crippen LogP contribution < -0.4 is 5.32 Å². The Morgan fingerprint density at radius 2 is 1.95 bits per heavy atom. The number of aliphatic hydroxyl groups is 1. The van der Waals surface area contributed by atoms with E-state index in [1.165, 1.54) is 6.92 Å². The third kappa shape index (κ3) is 6.42.